The number of nitrogens with zero attached hydrogens (tertiary/aromatic N) is 2. The highest BCUT2D eigenvalue weighted by Crippen LogP contribution is 2.33. The van der Waals surface area contributed by atoms with Gasteiger partial charge >= 0.3 is 0 Å². The molecule has 0 amide bonds. The molecule has 1 unspecified atom stereocenters. The van der Waals surface area contributed by atoms with Crippen LogP contribution in [0.1, 0.15) is 69.4 Å². The van der Waals surface area contributed by atoms with E-state index in [0.717, 1.165) is 17.5 Å². The van der Waals surface area contributed by atoms with Crippen LogP contribution in [-0.4, -0.2) is 35.2 Å². The molecule has 3 aromatic carbocycles. The summed E-state index contributed by atoms with van der Waals surface area (Å²) in [7, 11) is 0. The lowest BCUT2D eigenvalue weighted by molar-refractivity contribution is 0.445. The van der Waals surface area contributed by atoms with Crippen LogP contribution in [0.5, 0.6) is 11.5 Å². The van der Waals surface area contributed by atoms with Gasteiger partial charge in [-0.25, -0.2) is 0 Å². The SMILES string of the molecule is CC(C)(C)c1cccc(C=NCC(Cc2ccccc2)N=Cc2cccc(C(C)(C)C)c2O)c1O. The summed E-state index contributed by atoms with van der Waals surface area (Å²) in [6.45, 7) is 13.0. The maximum Gasteiger partial charge on any atom is 0.128 e. The highest BCUT2D eigenvalue weighted by Gasteiger charge is 2.20. The summed E-state index contributed by atoms with van der Waals surface area (Å²) in [5.41, 5.74) is 4.06. The van der Waals surface area contributed by atoms with Crippen LogP contribution < -0.4 is 0 Å². The summed E-state index contributed by atoms with van der Waals surface area (Å²) in [6.07, 6.45) is 4.21. The first-order chi connectivity index (χ1) is 16.5. The van der Waals surface area contributed by atoms with Crippen molar-refractivity contribution in [3.05, 3.63) is 94.5 Å². The first kappa shape index (κ1) is 26.2. The Morgan fingerprint density at radius 1 is 0.686 bits per heavy atom. The molecule has 4 nitrogen and oxygen atoms in total. The second-order valence-electron chi connectivity index (χ2n) is 11.1. The van der Waals surface area contributed by atoms with Gasteiger partial charge in [-0.3, -0.25) is 9.98 Å². The zero-order valence-corrected chi connectivity index (χ0v) is 21.8. The molecule has 1 atom stereocenters. The molecular weight excluding hydrogens is 432 g/mol. The van der Waals surface area contributed by atoms with Crippen LogP contribution >= 0.6 is 0 Å². The fraction of sp³-hybridized carbons (Fsp3) is 0.355. The van der Waals surface area contributed by atoms with Crippen molar-refractivity contribution >= 4 is 12.4 Å². The highest BCUT2D eigenvalue weighted by atomic mass is 16.3. The maximum absolute atomic E-state index is 10.8. The Morgan fingerprint density at radius 3 is 1.71 bits per heavy atom. The van der Waals surface area contributed by atoms with Crippen molar-refractivity contribution in [3.8, 4) is 11.5 Å². The number of benzene rings is 3. The Kier molecular flexibility index (Phi) is 8.16. The summed E-state index contributed by atoms with van der Waals surface area (Å²) in [5, 5.41) is 21.6. The molecule has 35 heavy (non-hydrogen) atoms. The van der Waals surface area contributed by atoms with Gasteiger partial charge in [0.05, 0.1) is 12.6 Å². The van der Waals surface area contributed by atoms with Gasteiger partial charge in [0.15, 0.2) is 0 Å². The second kappa shape index (κ2) is 10.9. The van der Waals surface area contributed by atoms with Crippen LogP contribution in [0.25, 0.3) is 0 Å². The van der Waals surface area contributed by atoms with E-state index in [9.17, 15) is 10.2 Å². The van der Waals surface area contributed by atoms with Gasteiger partial charge in [0, 0.05) is 23.6 Å². The van der Waals surface area contributed by atoms with E-state index in [4.69, 9.17) is 4.99 Å². The van der Waals surface area contributed by atoms with E-state index in [1.807, 2.05) is 54.6 Å². The number of hydrogen-bond acceptors (Lipinski definition) is 4. The largest absolute Gasteiger partial charge is 0.507 e. The van der Waals surface area contributed by atoms with Gasteiger partial charge in [0.2, 0.25) is 0 Å². The van der Waals surface area contributed by atoms with Crippen molar-refractivity contribution in [3.63, 3.8) is 0 Å². The molecule has 0 saturated heterocycles. The Hall–Kier alpha value is -3.40. The van der Waals surface area contributed by atoms with E-state index < -0.39 is 0 Å². The second-order valence-corrected chi connectivity index (χ2v) is 11.1. The lowest BCUT2D eigenvalue weighted by Gasteiger charge is -2.21. The monoisotopic (exact) mass is 470 g/mol. The molecule has 184 valence electrons. The minimum absolute atomic E-state index is 0.112. The third-order valence-corrected chi connectivity index (χ3v) is 6.04. The van der Waals surface area contributed by atoms with E-state index >= 15 is 0 Å². The lowest BCUT2D eigenvalue weighted by Crippen LogP contribution is -2.14. The lowest BCUT2D eigenvalue weighted by atomic mass is 9.85. The van der Waals surface area contributed by atoms with Crippen molar-refractivity contribution in [1.82, 2.24) is 0 Å². The Balaban J connectivity index is 1.86. The van der Waals surface area contributed by atoms with Crippen LogP contribution in [0.3, 0.4) is 0 Å². The number of hydrogen-bond donors (Lipinski definition) is 2. The zero-order chi connectivity index (χ0) is 25.6. The van der Waals surface area contributed by atoms with Crippen molar-refractivity contribution in [2.45, 2.75) is 64.8 Å². The number of phenols is 2. The summed E-state index contributed by atoms with van der Waals surface area (Å²) < 4.78 is 0. The first-order valence-corrected chi connectivity index (χ1v) is 12.2. The van der Waals surface area contributed by atoms with Crippen molar-refractivity contribution in [1.29, 1.82) is 0 Å². The molecule has 0 aromatic heterocycles. The topological polar surface area (TPSA) is 65.2 Å². The standard InChI is InChI=1S/C31H38N2O2/c1-30(2,3)26-16-10-14-23(28(26)34)19-32-21-25(18-22-12-8-7-9-13-22)33-20-24-15-11-17-27(29(24)35)31(4,5)6/h7-17,19-20,25,34-35H,18,21H2,1-6H3. The summed E-state index contributed by atoms with van der Waals surface area (Å²) >= 11 is 0. The number of aromatic hydroxyl groups is 2. The van der Waals surface area contributed by atoms with Gasteiger partial charge in [-0.1, -0.05) is 96.1 Å². The predicted octanol–water partition coefficient (Wildman–Crippen LogP) is 6.84. The maximum atomic E-state index is 10.8. The molecule has 0 radical (unpaired) electrons. The van der Waals surface area contributed by atoms with E-state index in [-0.39, 0.29) is 28.4 Å². The minimum atomic E-state index is -0.161. The number of phenolic OH excluding ortho intramolecular Hbond substituents is 2. The minimum Gasteiger partial charge on any atom is -0.507 e. The van der Waals surface area contributed by atoms with E-state index in [2.05, 4.69) is 58.7 Å². The van der Waals surface area contributed by atoms with Crippen molar-refractivity contribution in [2.75, 3.05) is 6.54 Å². The molecular formula is C31H38N2O2. The Bertz CT molecular complexity index is 1180. The molecule has 0 heterocycles. The van der Waals surface area contributed by atoms with Gasteiger partial charge in [0.1, 0.15) is 11.5 Å². The average Bonchev–Trinajstić information content (AvgIpc) is 2.78. The molecule has 4 heteroatoms. The number of para-hydroxylation sites is 2. The number of rotatable bonds is 7. The smallest absolute Gasteiger partial charge is 0.128 e. The Morgan fingerprint density at radius 2 is 1.20 bits per heavy atom. The molecule has 0 aliphatic rings. The molecule has 0 saturated carbocycles. The molecule has 0 bridgehead atoms. The molecule has 3 rings (SSSR count). The first-order valence-electron chi connectivity index (χ1n) is 12.2. The quantitative estimate of drug-likeness (QED) is 0.371. The van der Waals surface area contributed by atoms with Gasteiger partial charge in [-0.05, 0) is 46.1 Å². The molecule has 0 aliphatic heterocycles. The van der Waals surface area contributed by atoms with Gasteiger partial charge in [0.25, 0.3) is 0 Å². The van der Waals surface area contributed by atoms with E-state index in [1.165, 1.54) is 5.56 Å². The van der Waals surface area contributed by atoms with Crippen molar-refractivity contribution in [2.24, 2.45) is 9.98 Å². The highest BCUT2D eigenvalue weighted by molar-refractivity contribution is 5.85. The summed E-state index contributed by atoms with van der Waals surface area (Å²) in [5.74, 6) is 0.547. The molecule has 0 spiro atoms. The molecule has 0 fully saturated rings. The third kappa shape index (κ3) is 7.05. The van der Waals surface area contributed by atoms with Gasteiger partial charge in [-0.15, -0.1) is 0 Å². The van der Waals surface area contributed by atoms with E-state index in [0.29, 0.717) is 17.7 Å². The fourth-order valence-electron chi connectivity index (χ4n) is 4.05. The summed E-state index contributed by atoms with van der Waals surface area (Å²) in [6, 6.07) is 21.7. The van der Waals surface area contributed by atoms with E-state index in [1.54, 1.807) is 12.4 Å². The average molecular weight is 471 g/mol. The van der Waals surface area contributed by atoms with Crippen LogP contribution in [0.15, 0.2) is 76.7 Å². The fourth-order valence-corrected chi connectivity index (χ4v) is 4.05. The number of aliphatic imine (C=N–C) groups is 2. The van der Waals surface area contributed by atoms with Gasteiger partial charge < -0.3 is 10.2 Å². The summed E-state index contributed by atoms with van der Waals surface area (Å²) in [4.78, 5) is 9.47. The Labute approximate surface area is 210 Å². The van der Waals surface area contributed by atoms with Crippen LogP contribution in [0.2, 0.25) is 0 Å². The van der Waals surface area contributed by atoms with Gasteiger partial charge in [-0.2, -0.15) is 0 Å². The van der Waals surface area contributed by atoms with Crippen LogP contribution in [0, 0.1) is 0 Å². The normalized spacial score (nSPS) is 13.5. The third-order valence-electron chi connectivity index (χ3n) is 6.04. The molecule has 0 aliphatic carbocycles. The predicted molar refractivity (Wildman–Crippen MR) is 148 cm³/mol. The zero-order valence-electron chi connectivity index (χ0n) is 21.8. The van der Waals surface area contributed by atoms with Crippen LogP contribution in [0.4, 0.5) is 0 Å². The molecule has 3 aromatic rings. The van der Waals surface area contributed by atoms with Crippen molar-refractivity contribution < 1.29 is 10.2 Å². The molecule has 2 N–H and O–H groups in total. The van der Waals surface area contributed by atoms with Crippen LogP contribution in [-0.2, 0) is 17.3 Å².